The Bertz CT molecular complexity index is 436. The molecule has 0 bridgehead atoms. The molecule has 0 aromatic heterocycles. The number of thioether (sulfide) groups is 1. The highest BCUT2D eigenvalue weighted by Crippen LogP contribution is 2.14. The minimum atomic E-state index is -0.353. The van der Waals surface area contributed by atoms with Crippen molar-refractivity contribution in [3.8, 4) is 0 Å². The van der Waals surface area contributed by atoms with Gasteiger partial charge in [-0.1, -0.05) is 0 Å². The summed E-state index contributed by atoms with van der Waals surface area (Å²) < 4.78 is 12.6. The van der Waals surface area contributed by atoms with Crippen molar-refractivity contribution in [2.24, 2.45) is 0 Å². The molecule has 1 aromatic carbocycles. The molecule has 17 heavy (non-hydrogen) atoms. The molecular formula is C11H11FN2O2S. The Labute approximate surface area is 102 Å². The van der Waals surface area contributed by atoms with Gasteiger partial charge in [0.1, 0.15) is 12.4 Å². The molecule has 1 N–H and O–H groups in total. The molecule has 0 unspecified atom stereocenters. The zero-order valence-electron chi connectivity index (χ0n) is 8.98. The van der Waals surface area contributed by atoms with Gasteiger partial charge in [-0.25, -0.2) is 4.39 Å². The molecule has 90 valence electrons. The molecule has 1 aromatic rings. The van der Waals surface area contributed by atoms with Gasteiger partial charge in [0.05, 0.1) is 11.6 Å². The summed E-state index contributed by atoms with van der Waals surface area (Å²) in [6.45, 7) is 0.0449. The number of nitrogens with one attached hydrogen (secondary N) is 1. The Hall–Kier alpha value is -1.56. The van der Waals surface area contributed by atoms with Crippen molar-refractivity contribution >= 4 is 29.3 Å². The lowest BCUT2D eigenvalue weighted by molar-refractivity contribution is -0.130. The first kappa shape index (κ1) is 11.9. The molecular weight excluding hydrogens is 243 g/mol. The van der Waals surface area contributed by atoms with Gasteiger partial charge in [0.15, 0.2) is 0 Å². The van der Waals surface area contributed by atoms with Gasteiger partial charge in [0, 0.05) is 5.69 Å². The van der Waals surface area contributed by atoms with E-state index in [-0.39, 0.29) is 24.2 Å². The largest absolute Gasteiger partial charge is 0.325 e. The lowest BCUT2D eigenvalue weighted by Crippen LogP contribution is -2.34. The number of hydrogen-bond donors (Lipinski definition) is 1. The van der Waals surface area contributed by atoms with E-state index in [0.717, 1.165) is 0 Å². The molecule has 0 spiro atoms. The topological polar surface area (TPSA) is 49.4 Å². The highest BCUT2D eigenvalue weighted by atomic mass is 32.2. The number of hydrogen-bond acceptors (Lipinski definition) is 3. The van der Waals surface area contributed by atoms with E-state index in [2.05, 4.69) is 5.32 Å². The summed E-state index contributed by atoms with van der Waals surface area (Å²) in [6, 6.07) is 5.50. The van der Waals surface area contributed by atoms with E-state index in [0.29, 0.717) is 17.3 Å². The average molecular weight is 254 g/mol. The Kier molecular flexibility index (Phi) is 3.63. The zero-order valence-corrected chi connectivity index (χ0v) is 9.80. The Morgan fingerprint density at radius 2 is 2.12 bits per heavy atom. The van der Waals surface area contributed by atoms with Crippen LogP contribution in [0.25, 0.3) is 0 Å². The summed E-state index contributed by atoms with van der Waals surface area (Å²) in [7, 11) is 0. The summed E-state index contributed by atoms with van der Waals surface area (Å²) in [6.07, 6.45) is 0. The van der Waals surface area contributed by atoms with Crippen molar-refractivity contribution in [3.05, 3.63) is 30.1 Å². The van der Waals surface area contributed by atoms with Gasteiger partial charge < -0.3 is 10.2 Å². The van der Waals surface area contributed by atoms with Crippen LogP contribution in [-0.4, -0.2) is 34.9 Å². The van der Waals surface area contributed by atoms with Crippen LogP contribution < -0.4 is 5.32 Å². The van der Waals surface area contributed by atoms with Crippen molar-refractivity contribution in [2.45, 2.75) is 0 Å². The molecule has 1 fully saturated rings. The Morgan fingerprint density at radius 3 is 2.71 bits per heavy atom. The normalized spacial score (nSPS) is 15.1. The maximum absolute atomic E-state index is 12.6. The van der Waals surface area contributed by atoms with E-state index in [4.69, 9.17) is 0 Å². The van der Waals surface area contributed by atoms with Crippen molar-refractivity contribution in [3.63, 3.8) is 0 Å². The monoisotopic (exact) mass is 254 g/mol. The number of halogens is 1. The van der Waals surface area contributed by atoms with Crippen LogP contribution in [0.2, 0.25) is 0 Å². The number of nitrogens with zero attached hydrogens (tertiary/aromatic N) is 1. The minimum Gasteiger partial charge on any atom is -0.325 e. The molecule has 1 aliphatic heterocycles. The van der Waals surface area contributed by atoms with Crippen molar-refractivity contribution < 1.29 is 14.0 Å². The standard InChI is InChI=1S/C11H11FN2O2S/c12-8-1-3-9(4-2-8)13-10(15)5-14-7-17-6-11(14)16/h1-4H,5-7H2,(H,13,15). The van der Waals surface area contributed by atoms with Crippen LogP contribution >= 0.6 is 11.8 Å². The third-order valence-electron chi connectivity index (χ3n) is 2.29. The predicted molar refractivity (Wildman–Crippen MR) is 64.1 cm³/mol. The highest BCUT2D eigenvalue weighted by molar-refractivity contribution is 8.00. The second-order valence-corrected chi connectivity index (χ2v) is 4.58. The molecule has 0 radical (unpaired) electrons. The quantitative estimate of drug-likeness (QED) is 0.884. The summed E-state index contributed by atoms with van der Waals surface area (Å²) in [4.78, 5) is 24.4. The fourth-order valence-corrected chi connectivity index (χ4v) is 2.35. The van der Waals surface area contributed by atoms with E-state index in [1.165, 1.54) is 40.9 Å². The fourth-order valence-electron chi connectivity index (χ4n) is 1.45. The molecule has 0 saturated carbocycles. The van der Waals surface area contributed by atoms with E-state index in [9.17, 15) is 14.0 Å². The first-order valence-electron chi connectivity index (χ1n) is 5.06. The van der Waals surface area contributed by atoms with Gasteiger partial charge in [-0.2, -0.15) is 0 Å². The molecule has 2 rings (SSSR count). The van der Waals surface area contributed by atoms with Crippen molar-refractivity contribution in [1.29, 1.82) is 0 Å². The van der Waals surface area contributed by atoms with Gasteiger partial charge >= 0.3 is 0 Å². The van der Waals surface area contributed by atoms with Crippen molar-refractivity contribution in [2.75, 3.05) is 23.5 Å². The summed E-state index contributed by atoms with van der Waals surface area (Å²) in [5.41, 5.74) is 0.524. The lowest BCUT2D eigenvalue weighted by atomic mass is 10.3. The molecule has 6 heteroatoms. The van der Waals surface area contributed by atoms with Crippen LogP contribution in [0.1, 0.15) is 0 Å². The molecule has 1 heterocycles. The number of rotatable bonds is 3. The first-order chi connectivity index (χ1) is 8.15. The number of carbonyl (C=O) groups excluding carboxylic acids is 2. The van der Waals surface area contributed by atoms with Gasteiger partial charge in [-0.15, -0.1) is 11.8 Å². The summed E-state index contributed by atoms with van der Waals surface area (Å²) in [5.74, 6) is 0.338. The van der Waals surface area contributed by atoms with Crippen LogP contribution in [0.3, 0.4) is 0 Å². The number of benzene rings is 1. The van der Waals surface area contributed by atoms with Gasteiger partial charge in [0.2, 0.25) is 11.8 Å². The molecule has 0 atom stereocenters. The highest BCUT2D eigenvalue weighted by Gasteiger charge is 2.22. The fraction of sp³-hybridized carbons (Fsp3) is 0.273. The number of anilines is 1. The van der Waals surface area contributed by atoms with E-state index < -0.39 is 0 Å². The smallest absolute Gasteiger partial charge is 0.244 e. The summed E-state index contributed by atoms with van der Waals surface area (Å²) in [5, 5.41) is 2.61. The maximum atomic E-state index is 12.6. The Morgan fingerprint density at radius 1 is 1.41 bits per heavy atom. The second kappa shape index (κ2) is 5.18. The predicted octanol–water partition coefficient (Wildman–Crippen LogP) is 1.30. The summed E-state index contributed by atoms with van der Waals surface area (Å²) >= 11 is 1.49. The van der Waals surface area contributed by atoms with Crippen molar-refractivity contribution in [1.82, 2.24) is 4.90 Å². The van der Waals surface area contributed by atoms with Gasteiger partial charge in [-0.3, -0.25) is 9.59 Å². The number of carbonyl (C=O) groups is 2. The van der Waals surface area contributed by atoms with Gasteiger partial charge in [-0.05, 0) is 24.3 Å². The SMILES string of the molecule is O=C(CN1CSCC1=O)Nc1ccc(F)cc1. The average Bonchev–Trinajstić information content (AvgIpc) is 2.68. The van der Waals surface area contributed by atoms with E-state index >= 15 is 0 Å². The number of amides is 2. The van der Waals surface area contributed by atoms with Crippen LogP contribution in [0.15, 0.2) is 24.3 Å². The lowest BCUT2D eigenvalue weighted by Gasteiger charge is -2.14. The molecule has 4 nitrogen and oxygen atoms in total. The van der Waals surface area contributed by atoms with Gasteiger partial charge in [0.25, 0.3) is 0 Å². The van der Waals surface area contributed by atoms with E-state index in [1.54, 1.807) is 0 Å². The first-order valence-corrected chi connectivity index (χ1v) is 6.21. The van der Waals surface area contributed by atoms with Crippen LogP contribution in [0, 0.1) is 5.82 Å². The van der Waals surface area contributed by atoms with E-state index in [1.807, 2.05) is 0 Å². The van der Waals surface area contributed by atoms with Crippen LogP contribution in [0.5, 0.6) is 0 Å². The van der Waals surface area contributed by atoms with Crippen LogP contribution in [-0.2, 0) is 9.59 Å². The second-order valence-electron chi connectivity index (χ2n) is 3.62. The maximum Gasteiger partial charge on any atom is 0.244 e. The third kappa shape index (κ3) is 3.20. The molecule has 1 aliphatic rings. The third-order valence-corrected chi connectivity index (χ3v) is 3.23. The minimum absolute atomic E-state index is 0.0238. The van der Waals surface area contributed by atoms with Crippen LogP contribution in [0.4, 0.5) is 10.1 Å². The molecule has 0 aliphatic carbocycles. The molecule has 1 saturated heterocycles. The Balaban J connectivity index is 1.88. The zero-order chi connectivity index (χ0) is 12.3. The molecule has 2 amide bonds.